The van der Waals surface area contributed by atoms with Crippen LogP contribution in [0.25, 0.3) is 11.3 Å². The second kappa shape index (κ2) is 3.92. The summed E-state index contributed by atoms with van der Waals surface area (Å²) in [6.07, 6.45) is 0. The normalized spacial score (nSPS) is 13.7. The number of hydrogen-bond acceptors (Lipinski definition) is 4. The van der Waals surface area contributed by atoms with E-state index in [2.05, 4.69) is 4.98 Å². The fraction of sp³-hybridized carbons (Fsp3) is 0.250. The average Bonchev–Trinajstić information content (AvgIpc) is 2.75. The maximum atomic E-state index is 11.2. The van der Waals surface area contributed by atoms with Crippen LogP contribution in [0.5, 0.6) is 11.5 Å². The molecule has 4 nitrogen and oxygen atoms in total. The first-order valence-corrected chi connectivity index (χ1v) is 6.20. The Labute approximate surface area is 102 Å². The number of thiazole rings is 1. The highest BCUT2D eigenvalue weighted by Gasteiger charge is 2.15. The van der Waals surface area contributed by atoms with E-state index in [0.717, 1.165) is 39.7 Å². The van der Waals surface area contributed by atoms with Crippen molar-refractivity contribution in [3.63, 3.8) is 0 Å². The van der Waals surface area contributed by atoms with E-state index in [-0.39, 0.29) is 4.87 Å². The van der Waals surface area contributed by atoms with Gasteiger partial charge in [-0.25, -0.2) is 0 Å². The Hall–Kier alpha value is -1.75. The number of H-pyrrole nitrogens is 1. The molecule has 0 fully saturated rings. The molecule has 2 aromatic rings. The van der Waals surface area contributed by atoms with Crippen LogP contribution in [0.15, 0.2) is 22.3 Å². The molecule has 5 heteroatoms. The SMILES string of the molecule is Cc1cc2c(cc1-c1csc(=O)[nH]1)OCCO2. The number of nitrogens with one attached hydrogen (secondary N) is 1. The number of benzene rings is 1. The van der Waals surface area contributed by atoms with E-state index < -0.39 is 0 Å². The molecule has 3 rings (SSSR count). The Morgan fingerprint density at radius 3 is 2.59 bits per heavy atom. The van der Waals surface area contributed by atoms with Crippen LogP contribution in [0, 0.1) is 6.92 Å². The Morgan fingerprint density at radius 1 is 1.24 bits per heavy atom. The molecule has 2 heterocycles. The van der Waals surface area contributed by atoms with Gasteiger partial charge in [-0.3, -0.25) is 4.79 Å². The fourth-order valence-electron chi connectivity index (χ4n) is 1.89. The van der Waals surface area contributed by atoms with Crippen LogP contribution in [0.2, 0.25) is 0 Å². The smallest absolute Gasteiger partial charge is 0.304 e. The number of rotatable bonds is 1. The van der Waals surface area contributed by atoms with E-state index in [4.69, 9.17) is 9.47 Å². The van der Waals surface area contributed by atoms with Gasteiger partial charge in [0.25, 0.3) is 0 Å². The Kier molecular flexibility index (Phi) is 2.40. The lowest BCUT2D eigenvalue weighted by atomic mass is 10.1. The predicted octanol–water partition coefficient (Wildman–Crippen LogP) is 2.18. The average molecular weight is 249 g/mol. The van der Waals surface area contributed by atoms with E-state index in [0.29, 0.717) is 13.2 Å². The van der Waals surface area contributed by atoms with Crippen LogP contribution in [0.4, 0.5) is 0 Å². The van der Waals surface area contributed by atoms with Crippen LogP contribution in [0.3, 0.4) is 0 Å². The van der Waals surface area contributed by atoms with E-state index in [1.165, 1.54) is 0 Å². The minimum Gasteiger partial charge on any atom is -0.486 e. The molecule has 0 saturated heterocycles. The summed E-state index contributed by atoms with van der Waals surface area (Å²) in [4.78, 5) is 13.9. The van der Waals surface area contributed by atoms with Gasteiger partial charge >= 0.3 is 4.87 Å². The van der Waals surface area contributed by atoms with Crippen molar-refractivity contribution >= 4 is 11.3 Å². The third-order valence-electron chi connectivity index (χ3n) is 2.70. The van der Waals surface area contributed by atoms with E-state index in [1.807, 2.05) is 24.4 Å². The number of hydrogen-bond donors (Lipinski definition) is 1. The molecule has 1 aliphatic rings. The molecule has 0 radical (unpaired) electrons. The molecular formula is C12H11NO3S. The summed E-state index contributed by atoms with van der Waals surface area (Å²) >= 11 is 1.16. The van der Waals surface area contributed by atoms with Crippen LogP contribution in [0.1, 0.15) is 5.56 Å². The first kappa shape index (κ1) is 10.4. The highest BCUT2D eigenvalue weighted by molar-refractivity contribution is 7.07. The zero-order valence-electron chi connectivity index (χ0n) is 9.28. The fourth-order valence-corrected chi connectivity index (χ4v) is 2.47. The second-order valence-electron chi connectivity index (χ2n) is 3.87. The number of aryl methyl sites for hydroxylation is 1. The van der Waals surface area contributed by atoms with Gasteiger partial charge in [-0.05, 0) is 24.6 Å². The second-order valence-corrected chi connectivity index (χ2v) is 4.71. The van der Waals surface area contributed by atoms with Crippen molar-refractivity contribution in [2.75, 3.05) is 13.2 Å². The standard InChI is InChI=1S/C12H11NO3S/c1-7-4-10-11(16-3-2-15-10)5-8(7)9-6-17-12(14)13-9/h4-6H,2-3H2,1H3,(H,13,14). The van der Waals surface area contributed by atoms with E-state index in [1.54, 1.807) is 0 Å². The molecule has 1 aromatic carbocycles. The number of fused-ring (bicyclic) bond motifs is 1. The number of aromatic amines is 1. The molecule has 0 unspecified atom stereocenters. The van der Waals surface area contributed by atoms with Gasteiger partial charge in [0.1, 0.15) is 13.2 Å². The molecule has 17 heavy (non-hydrogen) atoms. The first-order valence-electron chi connectivity index (χ1n) is 5.32. The van der Waals surface area contributed by atoms with Gasteiger partial charge in [-0.1, -0.05) is 11.3 Å². The Morgan fingerprint density at radius 2 is 1.94 bits per heavy atom. The lowest BCUT2D eigenvalue weighted by molar-refractivity contribution is 0.171. The summed E-state index contributed by atoms with van der Waals surface area (Å²) in [5.74, 6) is 1.51. The quantitative estimate of drug-likeness (QED) is 0.842. The maximum Gasteiger partial charge on any atom is 0.304 e. The molecule has 1 aromatic heterocycles. The molecule has 0 spiro atoms. The van der Waals surface area contributed by atoms with Gasteiger partial charge in [0, 0.05) is 10.9 Å². The minimum absolute atomic E-state index is 0.0470. The zero-order chi connectivity index (χ0) is 11.8. The molecule has 1 aliphatic heterocycles. The lowest BCUT2D eigenvalue weighted by Crippen LogP contribution is -2.15. The van der Waals surface area contributed by atoms with Gasteiger partial charge in [0.15, 0.2) is 11.5 Å². The number of ether oxygens (including phenoxy) is 2. The minimum atomic E-state index is -0.0470. The molecule has 0 aliphatic carbocycles. The molecule has 0 amide bonds. The van der Waals surface area contributed by atoms with Crippen molar-refractivity contribution in [1.82, 2.24) is 4.98 Å². The largest absolute Gasteiger partial charge is 0.486 e. The highest BCUT2D eigenvalue weighted by atomic mass is 32.1. The molecule has 0 bridgehead atoms. The summed E-state index contributed by atoms with van der Waals surface area (Å²) in [7, 11) is 0. The summed E-state index contributed by atoms with van der Waals surface area (Å²) < 4.78 is 11.0. The van der Waals surface area contributed by atoms with Crippen molar-refractivity contribution in [3.8, 4) is 22.8 Å². The van der Waals surface area contributed by atoms with Crippen molar-refractivity contribution in [2.45, 2.75) is 6.92 Å². The maximum absolute atomic E-state index is 11.2. The first-order chi connectivity index (χ1) is 8.24. The summed E-state index contributed by atoms with van der Waals surface area (Å²) in [6, 6.07) is 3.86. The molecular weight excluding hydrogens is 238 g/mol. The third-order valence-corrected chi connectivity index (χ3v) is 3.37. The number of aromatic nitrogens is 1. The third kappa shape index (κ3) is 1.82. The summed E-state index contributed by atoms with van der Waals surface area (Å²) in [6.45, 7) is 3.14. The highest BCUT2D eigenvalue weighted by Crippen LogP contribution is 2.36. The Balaban J connectivity index is 2.14. The molecule has 0 saturated carbocycles. The van der Waals surface area contributed by atoms with Crippen molar-refractivity contribution in [3.05, 3.63) is 32.7 Å². The van der Waals surface area contributed by atoms with Crippen LogP contribution in [-0.4, -0.2) is 18.2 Å². The van der Waals surface area contributed by atoms with Gasteiger partial charge < -0.3 is 14.5 Å². The summed E-state index contributed by atoms with van der Waals surface area (Å²) in [5, 5.41) is 1.82. The van der Waals surface area contributed by atoms with Gasteiger partial charge in [0.05, 0.1) is 5.69 Å². The van der Waals surface area contributed by atoms with Crippen molar-refractivity contribution in [2.24, 2.45) is 0 Å². The predicted molar refractivity (Wildman–Crippen MR) is 66.1 cm³/mol. The summed E-state index contributed by atoms with van der Waals surface area (Å²) in [5.41, 5.74) is 2.87. The van der Waals surface area contributed by atoms with Gasteiger partial charge in [-0.15, -0.1) is 0 Å². The lowest BCUT2D eigenvalue weighted by Gasteiger charge is -2.20. The van der Waals surface area contributed by atoms with Crippen molar-refractivity contribution < 1.29 is 9.47 Å². The Bertz CT molecular complexity index is 614. The van der Waals surface area contributed by atoms with Crippen molar-refractivity contribution in [1.29, 1.82) is 0 Å². The zero-order valence-corrected chi connectivity index (χ0v) is 10.1. The van der Waals surface area contributed by atoms with Gasteiger partial charge in [-0.2, -0.15) is 0 Å². The van der Waals surface area contributed by atoms with Gasteiger partial charge in [0.2, 0.25) is 0 Å². The van der Waals surface area contributed by atoms with Crippen LogP contribution >= 0.6 is 11.3 Å². The van der Waals surface area contributed by atoms with Crippen LogP contribution in [-0.2, 0) is 0 Å². The van der Waals surface area contributed by atoms with E-state index >= 15 is 0 Å². The topological polar surface area (TPSA) is 51.3 Å². The monoisotopic (exact) mass is 249 g/mol. The van der Waals surface area contributed by atoms with Crippen LogP contribution < -0.4 is 14.3 Å². The molecule has 88 valence electrons. The molecule has 0 atom stereocenters. The molecule has 1 N–H and O–H groups in total. The van der Waals surface area contributed by atoms with E-state index in [9.17, 15) is 4.79 Å².